The highest BCUT2D eigenvalue weighted by Gasteiger charge is 2.08. The van der Waals surface area contributed by atoms with Gasteiger partial charge < -0.3 is 9.47 Å². The number of hydrogen-bond donors (Lipinski definition) is 0. The van der Waals surface area contributed by atoms with Gasteiger partial charge in [-0.25, -0.2) is 0 Å². The first-order valence-electron chi connectivity index (χ1n) is 6.06. The van der Waals surface area contributed by atoms with Crippen LogP contribution in [0, 0.1) is 22.7 Å². The molecule has 4 heteroatoms. The molecule has 0 saturated carbocycles. The zero-order chi connectivity index (χ0) is 14.3. The summed E-state index contributed by atoms with van der Waals surface area (Å²) in [5, 5.41) is 17.5. The third-order valence-corrected chi connectivity index (χ3v) is 2.18. The summed E-state index contributed by atoms with van der Waals surface area (Å²) in [5.74, 6) is 1.27. The molecule has 0 aliphatic carbocycles. The highest BCUT2D eigenvalue weighted by atomic mass is 16.5. The average Bonchev–Trinajstić information content (AvgIpc) is 2.38. The van der Waals surface area contributed by atoms with Gasteiger partial charge in [-0.1, -0.05) is 6.07 Å². The van der Waals surface area contributed by atoms with Crippen LogP contribution in [0.25, 0.3) is 6.08 Å². The maximum Gasteiger partial charge on any atom is 0.161 e. The Morgan fingerprint density at radius 3 is 2.47 bits per heavy atom. The smallest absolute Gasteiger partial charge is 0.161 e. The highest BCUT2D eigenvalue weighted by Crippen LogP contribution is 2.30. The van der Waals surface area contributed by atoms with Crippen LogP contribution in [0.4, 0.5) is 0 Å². The van der Waals surface area contributed by atoms with Crippen molar-refractivity contribution in [2.45, 2.75) is 26.9 Å². The van der Waals surface area contributed by atoms with Crippen molar-refractivity contribution >= 4 is 6.08 Å². The first-order valence-corrected chi connectivity index (χ1v) is 6.06. The van der Waals surface area contributed by atoms with E-state index < -0.39 is 0 Å². The summed E-state index contributed by atoms with van der Waals surface area (Å²) in [6.07, 6.45) is 1.57. The van der Waals surface area contributed by atoms with E-state index in [9.17, 15) is 0 Å². The van der Waals surface area contributed by atoms with E-state index in [1.54, 1.807) is 18.2 Å². The molecule has 0 amide bonds. The number of nitrogens with zero attached hydrogens (tertiary/aromatic N) is 2. The Balaban J connectivity index is 3.13. The summed E-state index contributed by atoms with van der Waals surface area (Å²) in [5.41, 5.74) is 0.789. The summed E-state index contributed by atoms with van der Waals surface area (Å²) in [7, 11) is 0. The average molecular weight is 256 g/mol. The van der Waals surface area contributed by atoms with Gasteiger partial charge in [0.25, 0.3) is 0 Å². The van der Waals surface area contributed by atoms with Crippen molar-refractivity contribution in [3.8, 4) is 23.6 Å². The number of allylic oxidation sites excluding steroid dienone is 1. The molecule has 0 heterocycles. The molecule has 0 aliphatic rings. The minimum Gasteiger partial charge on any atom is -0.490 e. The Hall–Kier alpha value is -2.46. The van der Waals surface area contributed by atoms with E-state index in [-0.39, 0.29) is 11.7 Å². The van der Waals surface area contributed by atoms with Crippen molar-refractivity contribution in [1.29, 1.82) is 10.5 Å². The number of ether oxygens (including phenoxy) is 2. The first-order chi connectivity index (χ1) is 9.10. The van der Waals surface area contributed by atoms with Crippen LogP contribution >= 0.6 is 0 Å². The fraction of sp³-hybridized carbons (Fsp3) is 0.333. The monoisotopic (exact) mass is 256 g/mol. The molecule has 0 unspecified atom stereocenters. The number of rotatable bonds is 5. The van der Waals surface area contributed by atoms with Crippen molar-refractivity contribution in [2.24, 2.45) is 0 Å². The fourth-order valence-electron chi connectivity index (χ4n) is 1.49. The molecule has 1 aromatic carbocycles. The van der Waals surface area contributed by atoms with Crippen molar-refractivity contribution in [2.75, 3.05) is 6.61 Å². The van der Waals surface area contributed by atoms with Gasteiger partial charge in [-0.15, -0.1) is 0 Å². The second-order valence-electron chi connectivity index (χ2n) is 4.09. The molecule has 19 heavy (non-hydrogen) atoms. The van der Waals surface area contributed by atoms with E-state index >= 15 is 0 Å². The lowest BCUT2D eigenvalue weighted by Gasteiger charge is -2.14. The molecule has 0 bridgehead atoms. The molecule has 0 saturated heterocycles. The second-order valence-corrected chi connectivity index (χ2v) is 4.09. The number of hydrogen-bond acceptors (Lipinski definition) is 4. The third kappa shape index (κ3) is 4.37. The van der Waals surface area contributed by atoms with Gasteiger partial charge in [-0.05, 0) is 44.5 Å². The van der Waals surface area contributed by atoms with Crippen molar-refractivity contribution in [3.05, 3.63) is 29.3 Å². The van der Waals surface area contributed by atoms with E-state index in [4.69, 9.17) is 20.0 Å². The maximum atomic E-state index is 8.74. The van der Waals surface area contributed by atoms with Gasteiger partial charge in [0, 0.05) is 0 Å². The Bertz CT molecular complexity index is 532. The maximum absolute atomic E-state index is 8.74. The van der Waals surface area contributed by atoms with Gasteiger partial charge in [0.2, 0.25) is 0 Å². The highest BCUT2D eigenvalue weighted by molar-refractivity contribution is 5.64. The van der Waals surface area contributed by atoms with Gasteiger partial charge in [-0.3, -0.25) is 0 Å². The molecule has 1 rings (SSSR count). The largest absolute Gasteiger partial charge is 0.490 e. The van der Waals surface area contributed by atoms with Crippen LogP contribution in [-0.2, 0) is 0 Å². The van der Waals surface area contributed by atoms with E-state index in [0.29, 0.717) is 18.1 Å². The minimum atomic E-state index is 0.0503. The van der Waals surface area contributed by atoms with Crippen LogP contribution in [0.1, 0.15) is 26.3 Å². The lowest BCUT2D eigenvalue weighted by atomic mass is 10.1. The molecule has 0 aliphatic heterocycles. The van der Waals surface area contributed by atoms with Crippen molar-refractivity contribution in [3.63, 3.8) is 0 Å². The van der Waals surface area contributed by atoms with Gasteiger partial charge in [0.05, 0.1) is 12.7 Å². The molecule has 4 nitrogen and oxygen atoms in total. The molecule has 0 fully saturated rings. The van der Waals surface area contributed by atoms with Gasteiger partial charge in [0.15, 0.2) is 11.5 Å². The zero-order valence-corrected chi connectivity index (χ0v) is 11.3. The van der Waals surface area contributed by atoms with Crippen LogP contribution in [0.3, 0.4) is 0 Å². The first kappa shape index (κ1) is 14.6. The quantitative estimate of drug-likeness (QED) is 0.758. The SMILES string of the molecule is CCOc1cc(C=C(C#N)C#N)ccc1OC(C)C. The van der Waals surface area contributed by atoms with Gasteiger partial charge in [0.1, 0.15) is 17.7 Å². The molecule has 0 N–H and O–H groups in total. The Morgan fingerprint density at radius 1 is 1.26 bits per heavy atom. The van der Waals surface area contributed by atoms with E-state index in [1.807, 2.05) is 32.9 Å². The summed E-state index contributed by atoms with van der Waals surface area (Å²) in [6.45, 7) is 6.28. The molecule has 1 aromatic rings. The van der Waals surface area contributed by atoms with Crippen LogP contribution in [0.2, 0.25) is 0 Å². The Labute approximate surface area is 113 Å². The second kappa shape index (κ2) is 7.08. The minimum absolute atomic E-state index is 0.0503. The van der Waals surface area contributed by atoms with E-state index in [0.717, 1.165) is 5.56 Å². The predicted molar refractivity (Wildman–Crippen MR) is 72.6 cm³/mol. The lowest BCUT2D eigenvalue weighted by molar-refractivity contribution is 0.224. The molecule has 0 aromatic heterocycles. The zero-order valence-electron chi connectivity index (χ0n) is 11.3. The van der Waals surface area contributed by atoms with Crippen LogP contribution in [0.5, 0.6) is 11.5 Å². The molecule has 0 atom stereocenters. The third-order valence-electron chi connectivity index (χ3n) is 2.18. The van der Waals surface area contributed by atoms with Crippen LogP contribution in [0.15, 0.2) is 23.8 Å². The fourth-order valence-corrected chi connectivity index (χ4v) is 1.49. The summed E-state index contributed by atoms with van der Waals surface area (Å²) in [6, 6.07) is 8.98. The Morgan fingerprint density at radius 2 is 1.95 bits per heavy atom. The topological polar surface area (TPSA) is 66.0 Å². The normalized spacial score (nSPS) is 9.37. The lowest BCUT2D eigenvalue weighted by Crippen LogP contribution is -2.07. The van der Waals surface area contributed by atoms with Crippen LogP contribution < -0.4 is 9.47 Å². The van der Waals surface area contributed by atoms with Crippen molar-refractivity contribution < 1.29 is 9.47 Å². The van der Waals surface area contributed by atoms with Crippen LogP contribution in [-0.4, -0.2) is 12.7 Å². The van der Waals surface area contributed by atoms with E-state index in [2.05, 4.69) is 0 Å². The van der Waals surface area contributed by atoms with Crippen molar-refractivity contribution in [1.82, 2.24) is 0 Å². The predicted octanol–water partition coefficient (Wildman–Crippen LogP) is 3.30. The Kier molecular flexibility index (Phi) is 5.44. The molecule has 0 spiro atoms. The summed E-state index contributed by atoms with van der Waals surface area (Å²) in [4.78, 5) is 0. The standard InChI is InChI=1S/C15H16N2O2/c1-4-18-15-8-12(7-13(9-16)10-17)5-6-14(15)19-11(2)3/h5-8,11H,4H2,1-3H3. The molecular formula is C15H16N2O2. The van der Waals surface area contributed by atoms with Gasteiger partial charge in [-0.2, -0.15) is 10.5 Å². The molecule has 0 radical (unpaired) electrons. The molecular weight excluding hydrogens is 240 g/mol. The van der Waals surface area contributed by atoms with E-state index in [1.165, 1.54) is 6.08 Å². The molecule has 98 valence electrons. The summed E-state index contributed by atoms with van der Waals surface area (Å²) < 4.78 is 11.1. The number of benzene rings is 1. The van der Waals surface area contributed by atoms with Gasteiger partial charge >= 0.3 is 0 Å². The summed E-state index contributed by atoms with van der Waals surface area (Å²) >= 11 is 0. The number of nitriles is 2.